The van der Waals surface area contributed by atoms with Crippen LogP contribution in [-0.4, -0.2) is 14.0 Å². The summed E-state index contributed by atoms with van der Waals surface area (Å²) in [4.78, 5) is 5.04. The van der Waals surface area contributed by atoms with Crippen LogP contribution < -0.4 is 0 Å². The lowest BCUT2D eigenvalue weighted by molar-refractivity contribution is 1.16. The topological polar surface area (TPSA) is 22.2 Å². The van der Waals surface area contributed by atoms with Crippen molar-refractivity contribution in [2.24, 2.45) is 0 Å². The molecule has 0 bridgehead atoms. The number of nitrogens with zero attached hydrogens (tertiary/aromatic N) is 3. The molecule has 0 radical (unpaired) electrons. The Morgan fingerprint density at radius 1 is 0.600 bits per heavy atom. The van der Waals surface area contributed by atoms with Gasteiger partial charge in [0.05, 0.1) is 22.4 Å². The lowest BCUT2D eigenvalue weighted by Crippen LogP contribution is -1.97. The number of benzene rings is 4. The number of rotatable bonds is 3. The van der Waals surface area contributed by atoms with Gasteiger partial charge in [0.15, 0.2) is 0 Å². The minimum Gasteiger partial charge on any atom is -0.309 e. The summed E-state index contributed by atoms with van der Waals surface area (Å²) in [5.41, 5.74) is 10.1. The number of pyridine rings is 1. The van der Waals surface area contributed by atoms with Crippen LogP contribution in [0.1, 0.15) is 5.56 Å². The third kappa shape index (κ3) is 3.09. The number of fused-ring (bicyclic) bond motifs is 4. The second-order valence-electron chi connectivity index (χ2n) is 9.03. The Morgan fingerprint density at radius 3 is 2.00 bits per heavy atom. The fraction of sp³-hybridized carbons (Fsp3) is 0.0312. The van der Waals surface area contributed by atoms with Gasteiger partial charge in [-0.2, -0.15) is 0 Å². The molecule has 0 aliphatic rings. The van der Waals surface area contributed by atoms with Crippen LogP contribution in [0.2, 0.25) is 0 Å². The van der Waals surface area contributed by atoms with Crippen molar-refractivity contribution in [2.75, 3.05) is 0 Å². The molecule has 0 N–H and O–H groups in total. The van der Waals surface area contributed by atoms with E-state index in [2.05, 4.69) is 125 Å². The summed E-state index contributed by atoms with van der Waals surface area (Å²) in [7, 11) is 0. The molecule has 0 unspecified atom stereocenters. The van der Waals surface area contributed by atoms with Crippen LogP contribution in [0.3, 0.4) is 0 Å². The highest BCUT2D eigenvalue weighted by molar-refractivity contribution is 6.09. The monoisotopic (exact) mass is 449 g/mol. The van der Waals surface area contributed by atoms with E-state index >= 15 is 0 Å². The molecule has 0 aliphatic carbocycles. The lowest BCUT2D eigenvalue weighted by atomic mass is 10.0. The fourth-order valence-corrected chi connectivity index (χ4v) is 5.30. The highest BCUT2D eigenvalue weighted by atomic mass is 15.0. The second-order valence-corrected chi connectivity index (χ2v) is 9.03. The van der Waals surface area contributed by atoms with Crippen LogP contribution in [0.5, 0.6) is 0 Å². The summed E-state index contributed by atoms with van der Waals surface area (Å²) in [6.07, 6.45) is 2.10. The zero-order valence-corrected chi connectivity index (χ0v) is 19.4. The summed E-state index contributed by atoms with van der Waals surface area (Å²) in [6.45, 7) is 2.17. The minimum absolute atomic E-state index is 0.946. The van der Waals surface area contributed by atoms with Crippen LogP contribution in [0.4, 0.5) is 0 Å². The molecule has 0 saturated carbocycles. The lowest BCUT2D eigenvalue weighted by Gasteiger charge is -2.13. The van der Waals surface area contributed by atoms with Gasteiger partial charge in [-0.25, -0.2) is 4.98 Å². The van der Waals surface area contributed by atoms with Gasteiger partial charge in [-0.1, -0.05) is 72.8 Å². The maximum atomic E-state index is 5.04. The van der Waals surface area contributed by atoms with Gasteiger partial charge in [-0.15, -0.1) is 0 Å². The van der Waals surface area contributed by atoms with Crippen molar-refractivity contribution in [1.29, 1.82) is 0 Å². The number of aromatic nitrogens is 3. The Kier molecular flexibility index (Phi) is 4.36. The van der Waals surface area contributed by atoms with Crippen molar-refractivity contribution in [2.45, 2.75) is 6.92 Å². The Bertz CT molecular complexity index is 1800. The molecule has 0 amide bonds. The van der Waals surface area contributed by atoms with Crippen molar-refractivity contribution in [1.82, 2.24) is 14.0 Å². The number of hydrogen-bond acceptors (Lipinski definition) is 1. The molecule has 3 nitrogen and oxygen atoms in total. The van der Waals surface area contributed by atoms with Gasteiger partial charge in [-0.05, 0) is 55.0 Å². The molecule has 7 aromatic rings. The van der Waals surface area contributed by atoms with Crippen molar-refractivity contribution < 1.29 is 0 Å². The highest BCUT2D eigenvalue weighted by Crippen LogP contribution is 2.37. The maximum Gasteiger partial charge on any atom is 0.137 e. The zero-order chi connectivity index (χ0) is 23.4. The third-order valence-electron chi connectivity index (χ3n) is 6.75. The van der Waals surface area contributed by atoms with Crippen molar-refractivity contribution in [3.05, 3.63) is 127 Å². The van der Waals surface area contributed by atoms with Crippen molar-refractivity contribution >= 4 is 27.5 Å². The Labute approximate surface area is 203 Å². The van der Waals surface area contributed by atoms with Gasteiger partial charge in [0.25, 0.3) is 0 Å². The normalized spacial score (nSPS) is 11.6. The van der Waals surface area contributed by atoms with Crippen molar-refractivity contribution in [3.63, 3.8) is 0 Å². The number of aryl methyl sites for hydroxylation is 1. The van der Waals surface area contributed by atoms with E-state index in [0.717, 1.165) is 33.8 Å². The van der Waals surface area contributed by atoms with Gasteiger partial charge < -0.3 is 4.57 Å². The molecule has 0 fully saturated rings. The molecule has 0 atom stereocenters. The van der Waals surface area contributed by atoms with E-state index in [1.165, 1.54) is 27.4 Å². The molecule has 7 rings (SSSR count). The first-order valence-corrected chi connectivity index (χ1v) is 11.9. The van der Waals surface area contributed by atoms with Gasteiger partial charge in [0.2, 0.25) is 0 Å². The maximum absolute atomic E-state index is 5.04. The van der Waals surface area contributed by atoms with Crippen LogP contribution in [0, 0.1) is 6.92 Å². The summed E-state index contributed by atoms with van der Waals surface area (Å²) in [6, 6.07) is 40.8. The number of imidazole rings is 1. The average molecular weight is 450 g/mol. The SMILES string of the molecule is Cc1cc(-c2c(-c3ccccc3)nc3ccccn23)cc(-n2c3ccccc3c3ccccc32)c1. The molecule has 0 saturated heterocycles. The number of para-hydroxylation sites is 2. The molecule has 3 heteroatoms. The van der Waals surface area contributed by atoms with Gasteiger partial charge in [0, 0.05) is 33.8 Å². The third-order valence-corrected chi connectivity index (χ3v) is 6.75. The minimum atomic E-state index is 0.946. The quantitative estimate of drug-likeness (QED) is 0.267. The standard InChI is InChI=1S/C32H23N3/c1-22-19-24(32-31(23-11-3-2-4-12-23)33-30-17-9-10-18-34(30)32)21-25(20-22)35-28-15-7-5-13-26(28)27-14-6-8-16-29(27)35/h2-21H,1H3. The highest BCUT2D eigenvalue weighted by Gasteiger charge is 2.18. The smallest absolute Gasteiger partial charge is 0.137 e. The Balaban J connectivity index is 1.54. The summed E-state index contributed by atoms with van der Waals surface area (Å²) >= 11 is 0. The molecular weight excluding hydrogens is 426 g/mol. The average Bonchev–Trinajstić information content (AvgIpc) is 3.45. The fourth-order valence-electron chi connectivity index (χ4n) is 5.30. The molecule has 4 aromatic carbocycles. The summed E-state index contributed by atoms with van der Waals surface area (Å²) in [5, 5.41) is 2.54. The van der Waals surface area contributed by atoms with E-state index < -0.39 is 0 Å². The molecule has 0 spiro atoms. The van der Waals surface area contributed by atoms with Crippen LogP contribution in [-0.2, 0) is 0 Å². The van der Waals surface area contributed by atoms with Crippen LogP contribution >= 0.6 is 0 Å². The van der Waals surface area contributed by atoms with E-state index in [9.17, 15) is 0 Å². The molecule has 0 aliphatic heterocycles. The molecule has 3 aromatic heterocycles. The van der Waals surface area contributed by atoms with E-state index in [0.29, 0.717) is 0 Å². The largest absolute Gasteiger partial charge is 0.309 e. The van der Waals surface area contributed by atoms with Gasteiger partial charge in [-0.3, -0.25) is 4.40 Å². The van der Waals surface area contributed by atoms with E-state index in [-0.39, 0.29) is 0 Å². The van der Waals surface area contributed by atoms with E-state index in [1.807, 2.05) is 12.1 Å². The first-order valence-electron chi connectivity index (χ1n) is 11.9. The Hall–Kier alpha value is -4.63. The first-order chi connectivity index (χ1) is 17.3. The van der Waals surface area contributed by atoms with Gasteiger partial charge >= 0.3 is 0 Å². The molecule has 166 valence electrons. The summed E-state index contributed by atoms with van der Waals surface area (Å²) < 4.78 is 4.58. The predicted molar refractivity (Wildman–Crippen MR) is 145 cm³/mol. The van der Waals surface area contributed by atoms with E-state index in [1.54, 1.807) is 0 Å². The summed E-state index contributed by atoms with van der Waals surface area (Å²) in [5.74, 6) is 0. The van der Waals surface area contributed by atoms with E-state index in [4.69, 9.17) is 4.98 Å². The zero-order valence-electron chi connectivity index (χ0n) is 19.4. The van der Waals surface area contributed by atoms with Gasteiger partial charge in [0.1, 0.15) is 5.65 Å². The van der Waals surface area contributed by atoms with Crippen molar-refractivity contribution in [3.8, 4) is 28.2 Å². The molecule has 35 heavy (non-hydrogen) atoms. The molecular formula is C32H23N3. The Morgan fingerprint density at radius 2 is 1.26 bits per heavy atom. The first kappa shape index (κ1) is 19.8. The number of hydrogen-bond donors (Lipinski definition) is 0. The van der Waals surface area contributed by atoms with Crippen LogP contribution in [0.15, 0.2) is 121 Å². The van der Waals surface area contributed by atoms with Crippen LogP contribution in [0.25, 0.3) is 55.7 Å². The molecule has 3 heterocycles. The second kappa shape index (κ2) is 7.71. The predicted octanol–water partition coefficient (Wildman–Crippen LogP) is 8.07.